The lowest BCUT2D eigenvalue weighted by Crippen LogP contribution is -2.45. The van der Waals surface area contributed by atoms with E-state index in [2.05, 4.69) is 48.3 Å². The van der Waals surface area contributed by atoms with Crippen LogP contribution in [0.15, 0.2) is 60.7 Å². The molecule has 0 spiro atoms. The first-order valence-electron chi connectivity index (χ1n) is 8.80. The fraction of sp³-hybridized carbons (Fsp3) is 0.381. The number of hydrogen-bond donors (Lipinski definition) is 1. The maximum Gasteiger partial charge on any atom is 0.258 e. The highest BCUT2D eigenvalue weighted by Crippen LogP contribution is 2.10. The van der Waals surface area contributed by atoms with E-state index in [4.69, 9.17) is 4.74 Å². The molecule has 2 rings (SSSR count). The van der Waals surface area contributed by atoms with E-state index in [1.165, 1.54) is 5.56 Å². The summed E-state index contributed by atoms with van der Waals surface area (Å²) in [5.74, 6) is 0.609. The summed E-state index contributed by atoms with van der Waals surface area (Å²) in [7, 11) is 0. The van der Waals surface area contributed by atoms with E-state index < -0.39 is 0 Å². The summed E-state index contributed by atoms with van der Waals surface area (Å²) in [6.07, 6.45) is 0. The van der Waals surface area contributed by atoms with Crippen molar-refractivity contribution in [1.29, 1.82) is 0 Å². The standard InChI is InChI=1S/C21H28N2O2/c1-17(2)23(15-19-10-6-4-7-11-19)14-18(3)22-21(24)16-25-20-12-8-5-9-13-20/h4-13,17-18H,14-16H2,1-3H3,(H,22,24). The summed E-state index contributed by atoms with van der Waals surface area (Å²) in [6, 6.07) is 20.2. The highest BCUT2D eigenvalue weighted by molar-refractivity contribution is 5.77. The summed E-state index contributed by atoms with van der Waals surface area (Å²) >= 11 is 0. The summed E-state index contributed by atoms with van der Waals surface area (Å²) in [6.45, 7) is 8.09. The van der Waals surface area contributed by atoms with E-state index in [0.29, 0.717) is 11.8 Å². The largest absolute Gasteiger partial charge is 0.484 e. The Bertz CT molecular complexity index is 629. The lowest BCUT2D eigenvalue weighted by molar-refractivity contribution is -0.123. The average Bonchev–Trinajstić information content (AvgIpc) is 2.61. The van der Waals surface area contributed by atoms with Gasteiger partial charge >= 0.3 is 0 Å². The smallest absolute Gasteiger partial charge is 0.258 e. The molecule has 4 nitrogen and oxygen atoms in total. The van der Waals surface area contributed by atoms with Crippen molar-refractivity contribution in [1.82, 2.24) is 10.2 Å². The van der Waals surface area contributed by atoms with Gasteiger partial charge in [-0.25, -0.2) is 0 Å². The molecule has 0 heterocycles. The number of benzene rings is 2. The van der Waals surface area contributed by atoms with E-state index in [9.17, 15) is 4.79 Å². The van der Waals surface area contributed by atoms with Gasteiger partial charge in [0, 0.05) is 25.2 Å². The van der Waals surface area contributed by atoms with Crippen LogP contribution in [0.5, 0.6) is 5.75 Å². The SMILES string of the molecule is CC(CN(Cc1ccccc1)C(C)C)NC(=O)COc1ccccc1. The third-order valence-corrected chi connectivity index (χ3v) is 3.99. The van der Waals surface area contributed by atoms with Crippen LogP contribution in [0.25, 0.3) is 0 Å². The topological polar surface area (TPSA) is 41.6 Å². The Labute approximate surface area is 150 Å². The van der Waals surface area contributed by atoms with Gasteiger partial charge in [0.15, 0.2) is 6.61 Å². The van der Waals surface area contributed by atoms with Crippen molar-refractivity contribution in [2.75, 3.05) is 13.2 Å². The van der Waals surface area contributed by atoms with Crippen molar-refractivity contribution < 1.29 is 9.53 Å². The molecule has 25 heavy (non-hydrogen) atoms. The Kier molecular flexibility index (Phi) is 7.48. The van der Waals surface area contributed by atoms with Crippen LogP contribution in [-0.2, 0) is 11.3 Å². The minimum atomic E-state index is -0.0974. The Balaban J connectivity index is 1.79. The molecule has 134 valence electrons. The molecule has 1 amide bonds. The maximum atomic E-state index is 12.1. The second-order valence-corrected chi connectivity index (χ2v) is 6.58. The molecule has 0 aromatic heterocycles. The van der Waals surface area contributed by atoms with Gasteiger partial charge in [-0.3, -0.25) is 9.69 Å². The number of hydrogen-bond acceptors (Lipinski definition) is 3. The zero-order valence-electron chi connectivity index (χ0n) is 15.3. The number of nitrogens with one attached hydrogen (secondary N) is 1. The second-order valence-electron chi connectivity index (χ2n) is 6.58. The lowest BCUT2D eigenvalue weighted by atomic mass is 10.1. The summed E-state index contributed by atoms with van der Waals surface area (Å²) in [5.41, 5.74) is 1.28. The second kappa shape index (κ2) is 9.84. The quantitative estimate of drug-likeness (QED) is 0.760. The predicted octanol–water partition coefficient (Wildman–Crippen LogP) is 3.48. The minimum Gasteiger partial charge on any atom is -0.484 e. The molecule has 0 aliphatic rings. The number of para-hydroxylation sites is 1. The average molecular weight is 340 g/mol. The van der Waals surface area contributed by atoms with Crippen molar-refractivity contribution in [2.45, 2.75) is 39.4 Å². The number of nitrogens with zero attached hydrogens (tertiary/aromatic N) is 1. The molecule has 2 aromatic carbocycles. The molecule has 4 heteroatoms. The third-order valence-electron chi connectivity index (χ3n) is 3.99. The molecule has 1 unspecified atom stereocenters. The number of rotatable bonds is 9. The zero-order valence-corrected chi connectivity index (χ0v) is 15.3. The highest BCUT2D eigenvalue weighted by Gasteiger charge is 2.16. The molecule has 1 N–H and O–H groups in total. The highest BCUT2D eigenvalue weighted by atomic mass is 16.5. The van der Waals surface area contributed by atoms with Crippen LogP contribution >= 0.6 is 0 Å². The van der Waals surface area contributed by atoms with Gasteiger partial charge in [-0.15, -0.1) is 0 Å². The van der Waals surface area contributed by atoms with E-state index in [1.807, 2.05) is 43.3 Å². The first-order chi connectivity index (χ1) is 12.0. The summed E-state index contributed by atoms with van der Waals surface area (Å²) in [4.78, 5) is 14.4. The first kappa shape index (κ1) is 19.0. The number of ether oxygens (including phenoxy) is 1. The molecule has 0 radical (unpaired) electrons. The monoisotopic (exact) mass is 340 g/mol. The van der Waals surface area contributed by atoms with Gasteiger partial charge in [0.2, 0.25) is 0 Å². The molecule has 0 aliphatic carbocycles. The van der Waals surface area contributed by atoms with E-state index in [0.717, 1.165) is 13.1 Å². The fourth-order valence-corrected chi connectivity index (χ4v) is 2.66. The Morgan fingerprint density at radius 3 is 2.20 bits per heavy atom. The van der Waals surface area contributed by atoms with Gasteiger partial charge in [-0.05, 0) is 38.5 Å². The minimum absolute atomic E-state index is 0.0364. The fourth-order valence-electron chi connectivity index (χ4n) is 2.66. The van der Waals surface area contributed by atoms with Crippen LogP contribution < -0.4 is 10.1 Å². The molecule has 0 bridgehead atoms. The Morgan fingerprint density at radius 2 is 1.60 bits per heavy atom. The van der Waals surface area contributed by atoms with Gasteiger partial charge in [0.1, 0.15) is 5.75 Å². The van der Waals surface area contributed by atoms with Crippen LogP contribution in [0.1, 0.15) is 26.3 Å². The van der Waals surface area contributed by atoms with Crippen molar-refractivity contribution in [3.63, 3.8) is 0 Å². The van der Waals surface area contributed by atoms with Crippen LogP contribution in [0.4, 0.5) is 0 Å². The van der Waals surface area contributed by atoms with E-state index >= 15 is 0 Å². The third kappa shape index (κ3) is 6.98. The molecule has 0 saturated carbocycles. The Hall–Kier alpha value is -2.33. The van der Waals surface area contributed by atoms with Crippen LogP contribution in [0.2, 0.25) is 0 Å². The summed E-state index contributed by atoms with van der Waals surface area (Å²) in [5, 5.41) is 3.02. The Morgan fingerprint density at radius 1 is 1.00 bits per heavy atom. The maximum absolute atomic E-state index is 12.1. The van der Waals surface area contributed by atoms with Crippen molar-refractivity contribution in [3.05, 3.63) is 66.2 Å². The molecule has 0 saturated heterocycles. The van der Waals surface area contributed by atoms with Crippen LogP contribution in [0, 0.1) is 0 Å². The van der Waals surface area contributed by atoms with Gasteiger partial charge in [-0.2, -0.15) is 0 Å². The normalized spacial score (nSPS) is 12.2. The number of amides is 1. The van der Waals surface area contributed by atoms with Crippen molar-refractivity contribution >= 4 is 5.91 Å². The van der Waals surface area contributed by atoms with E-state index in [-0.39, 0.29) is 18.6 Å². The van der Waals surface area contributed by atoms with Crippen molar-refractivity contribution in [2.24, 2.45) is 0 Å². The molecular weight excluding hydrogens is 312 g/mol. The number of carbonyl (C=O) groups excluding carboxylic acids is 1. The number of carbonyl (C=O) groups is 1. The lowest BCUT2D eigenvalue weighted by Gasteiger charge is -2.29. The molecule has 2 aromatic rings. The van der Waals surface area contributed by atoms with Gasteiger partial charge < -0.3 is 10.1 Å². The van der Waals surface area contributed by atoms with E-state index in [1.54, 1.807) is 0 Å². The molecule has 1 atom stereocenters. The van der Waals surface area contributed by atoms with Gasteiger partial charge in [0.25, 0.3) is 5.91 Å². The molecular formula is C21H28N2O2. The predicted molar refractivity (Wildman–Crippen MR) is 102 cm³/mol. The van der Waals surface area contributed by atoms with Crippen LogP contribution in [-0.4, -0.2) is 36.0 Å². The van der Waals surface area contributed by atoms with Crippen molar-refractivity contribution in [3.8, 4) is 5.75 Å². The molecule has 0 aliphatic heterocycles. The first-order valence-corrected chi connectivity index (χ1v) is 8.80. The summed E-state index contributed by atoms with van der Waals surface area (Å²) < 4.78 is 5.49. The van der Waals surface area contributed by atoms with Gasteiger partial charge in [-0.1, -0.05) is 48.5 Å². The van der Waals surface area contributed by atoms with Gasteiger partial charge in [0.05, 0.1) is 0 Å². The zero-order chi connectivity index (χ0) is 18.1. The van der Waals surface area contributed by atoms with Crippen LogP contribution in [0.3, 0.4) is 0 Å². The molecule has 0 fully saturated rings.